The summed E-state index contributed by atoms with van der Waals surface area (Å²) in [5.41, 5.74) is 1.51. The van der Waals surface area contributed by atoms with Crippen LogP contribution >= 0.6 is 0 Å². The van der Waals surface area contributed by atoms with Gasteiger partial charge in [-0.15, -0.1) is 5.10 Å². The predicted octanol–water partition coefficient (Wildman–Crippen LogP) is 1.59. The SMILES string of the molecule is CN1CCC(c2noc(-c3nnn4ccccc34)n2)CC1. The van der Waals surface area contributed by atoms with Crippen LogP contribution in [0.1, 0.15) is 24.6 Å². The van der Waals surface area contributed by atoms with E-state index in [0.717, 1.165) is 37.3 Å². The summed E-state index contributed by atoms with van der Waals surface area (Å²) in [5, 5.41) is 12.3. The molecule has 3 aromatic rings. The molecule has 3 aromatic heterocycles. The van der Waals surface area contributed by atoms with Crippen molar-refractivity contribution in [1.82, 2.24) is 29.9 Å². The van der Waals surface area contributed by atoms with E-state index in [1.165, 1.54) is 0 Å². The topological polar surface area (TPSA) is 72.4 Å². The summed E-state index contributed by atoms with van der Waals surface area (Å²) in [7, 11) is 2.14. The van der Waals surface area contributed by atoms with Gasteiger partial charge in [0.05, 0.1) is 5.52 Å². The fraction of sp³-hybridized carbons (Fsp3) is 0.429. The number of fused-ring (bicyclic) bond motifs is 1. The van der Waals surface area contributed by atoms with Crippen molar-refractivity contribution in [2.75, 3.05) is 20.1 Å². The van der Waals surface area contributed by atoms with Gasteiger partial charge in [0.15, 0.2) is 11.5 Å². The van der Waals surface area contributed by atoms with Gasteiger partial charge in [-0.05, 0) is 45.1 Å². The molecule has 1 saturated heterocycles. The highest BCUT2D eigenvalue weighted by Gasteiger charge is 2.24. The van der Waals surface area contributed by atoms with Gasteiger partial charge in [-0.1, -0.05) is 16.4 Å². The van der Waals surface area contributed by atoms with Crippen LogP contribution in [0, 0.1) is 0 Å². The van der Waals surface area contributed by atoms with Gasteiger partial charge in [0, 0.05) is 12.1 Å². The van der Waals surface area contributed by atoms with E-state index in [9.17, 15) is 0 Å². The smallest absolute Gasteiger partial charge is 0.280 e. The minimum atomic E-state index is 0.375. The number of aromatic nitrogens is 5. The first-order chi connectivity index (χ1) is 10.3. The fourth-order valence-electron chi connectivity index (χ4n) is 2.76. The van der Waals surface area contributed by atoms with Gasteiger partial charge in [-0.3, -0.25) is 0 Å². The summed E-state index contributed by atoms with van der Waals surface area (Å²) in [5.74, 6) is 1.61. The molecule has 21 heavy (non-hydrogen) atoms. The summed E-state index contributed by atoms with van der Waals surface area (Å²) in [4.78, 5) is 6.86. The van der Waals surface area contributed by atoms with E-state index in [2.05, 4.69) is 32.4 Å². The number of likely N-dealkylation sites (tertiary alicyclic amines) is 1. The first-order valence-corrected chi connectivity index (χ1v) is 7.14. The second-order valence-electron chi connectivity index (χ2n) is 5.50. The van der Waals surface area contributed by atoms with Gasteiger partial charge in [-0.2, -0.15) is 4.98 Å². The number of piperidine rings is 1. The van der Waals surface area contributed by atoms with Crippen molar-refractivity contribution in [2.45, 2.75) is 18.8 Å². The molecule has 0 aromatic carbocycles. The molecule has 4 rings (SSSR count). The van der Waals surface area contributed by atoms with E-state index in [1.807, 2.05) is 24.4 Å². The molecule has 0 N–H and O–H groups in total. The van der Waals surface area contributed by atoms with E-state index in [-0.39, 0.29) is 0 Å². The Hall–Kier alpha value is -2.28. The predicted molar refractivity (Wildman–Crippen MR) is 75.8 cm³/mol. The Labute approximate surface area is 121 Å². The standard InChI is InChI=1S/C14H16N6O/c1-19-8-5-10(6-9-19)13-15-14(21-17-13)12-11-4-2-3-7-20(11)18-16-12/h2-4,7,10H,5-6,8-9H2,1H3. The molecule has 1 fully saturated rings. The Kier molecular flexibility index (Phi) is 2.92. The van der Waals surface area contributed by atoms with Crippen LogP contribution in [0.5, 0.6) is 0 Å². The van der Waals surface area contributed by atoms with Crippen molar-refractivity contribution >= 4 is 5.52 Å². The Bertz CT molecular complexity index is 756. The molecule has 1 aliphatic heterocycles. The molecule has 0 spiro atoms. The van der Waals surface area contributed by atoms with Gasteiger partial charge in [0.2, 0.25) is 0 Å². The first kappa shape index (κ1) is 12.5. The average molecular weight is 284 g/mol. The summed E-state index contributed by atoms with van der Waals surface area (Å²) in [6.45, 7) is 2.15. The monoisotopic (exact) mass is 284 g/mol. The van der Waals surface area contributed by atoms with Gasteiger partial charge >= 0.3 is 0 Å². The highest BCUT2D eigenvalue weighted by molar-refractivity contribution is 5.70. The Morgan fingerprint density at radius 1 is 1.24 bits per heavy atom. The quantitative estimate of drug-likeness (QED) is 0.711. The lowest BCUT2D eigenvalue weighted by Gasteiger charge is -2.26. The second kappa shape index (κ2) is 4.92. The van der Waals surface area contributed by atoms with Crippen LogP contribution in [0.3, 0.4) is 0 Å². The van der Waals surface area contributed by atoms with Crippen LogP contribution in [-0.2, 0) is 0 Å². The van der Waals surface area contributed by atoms with Gasteiger partial charge in [-0.25, -0.2) is 4.52 Å². The molecular weight excluding hydrogens is 268 g/mol. The van der Waals surface area contributed by atoms with Crippen molar-refractivity contribution in [3.05, 3.63) is 30.2 Å². The minimum Gasteiger partial charge on any atom is -0.332 e. The van der Waals surface area contributed by atoms with Gasteiger partial charge in [0.1, 0.15) is 0 Å². The van der Waals surface area contributed by atoms with Crippen LogP contribution in [0.2, 0.25) is 0 Å². The van der Waals surface area contributed by atoms with E-state index in [1.54, 1.807) is 4.52 Å². The van der Waals surface area contributed by atoms with Crippen molar-refractivity contribution in [3.8, 4) is 11.6 Å². The largest absolute Gasteiger partial charge is 0.332 e. The second-order valence-corrected chi connectivity index (χ2v) is 5.50. The third-order valence-electron chi connectivity index (χ3n) is 4.05. The summed E-state index contributed by atoms with van der Waals surface area (Å²) in [6.07, 6.45) is 3.98. The number of rotatable bonds is 2. The van der Waals surface area contributed by atoms with Crippen molar-refractivity contribution in [1.29, 1.82) is 0 Å². The lowest BCUT2D eigenvalue weighted by atomic mass is 9.97. The van der Waals surface area contributed by atoms with Gasteiger partial charge in [0.25, 0.3) is 5.89 Å². The maximum absolute atomic E-state index is 5.41. The number of hydrogen-bond acceptors (Lipinski definition) is 6. The first-order valence-electron chi connectivity index (χ1n) is 7.14. The van der Waals surface area contributed by atoms with E-state index < -0.39 is 0 Å². The highest BCUT2D eigenvalue weighted by atomic mass is 16.5. The Morgan fingerprint density at radius 3 is 2.95 bits per heavy atom. The average Bonchev–Trinajstić information content (AvgIpc) is 3.14. The van der Waals surface area contributed by atoms with Crippen LogP contribution < -0.4 is 0 Å². The molecule has 0 atom stereocenters. The summed E-state index contributed by atoms with van der Waals surface area (Å²) >= 11 is 0. The molecule has 0 saturated carbocycles. The van der Waals surface area contributed by atoms with E-state index in [4.69, 9.17) is 4.52 Å². The van der Waals surface area contributed by atoms with Crippen molar-refractivity contribution in [3.63, 3.8) is 0 Å². The summed E-state index contributed by atoms with van der Waals surface area (Å²) < 4.78 is 7.11. The molecule has 4 heterocycles. The third-order valence-corrected chi connectivity index (χ3v) is 4.05. The zero-order valence-electron chi connectivity index (χ0n) is 11.8. The maximum Gasteiger partial charge on any atom is 0.280 e. The van der Waals surface area contributed by atoms with Crippen LogP contribution in [-0.4, -0.2) is 50.0 Å². The Balaban J connectivity index is 1.65. The third kappa shape index (κ3) is 2.19. The number of hydrogen-bond donors (Lipinski definition) is 0. The Morgan fingerprint density at radius 2 is 2.10 bits per heavy atom. The molecule has 0 radical (unpaired) electrons. The molecule has 7 heteroatoms. The molecule has 0 bridgehead atoms. The lowest BCUT2D eigenvalue weighted by molar-refractivity contribution is 0.248. The van der Waals surface area contributed by atoms with Crippen molar-refractivity contribution in [2.24, 2.45) is 0 Å². The highest BCUT2D eigenvalue weighted by Crippen LogP contribution is 2.28. The molecule has 7 nitrogen and oxygen atoms in total. The molecular formula is C14H16N6O. The van der Waals surface area contributed by atoms with Crippen molar-refractivity contribution < 1.29 is 4.52 Å². The van der Waals surface area contributed by atoms with E-state index >= 15 is 0 Å². The molecule has 1 aliphatic rings. The zero-order chi connectivity index (χ0) is 14.2. The van der Waals surface area contributed by atoms with Crippen LogP contribution in [0.15, 0.2) is 28.9 Å². The normalized spacial score (nSPS) is 17.6. The van der Waals surface area contributed by atoms with Crippen LogP contribution in [0.25, 0.3) is 17.1 Å². The van der Waals surface area contributed by atoms with Gasteiger partial charge < -0.3 is 9.42 Å². The van der Waals surface area contributed by atoms with E-state index in [0.29, 0.717) is 17.5 Å². The number of pyridine rings is 1. The number of nitrogens with zero attached hydrogens (tertiary/aromatic N) is 6. The lowest BCUT2D eigenvalue weighted by Crippen LogP contribution is -2.29. The maximum atomic E-state index is 5.41. The molecule has 0 unspecified atom stereocenters. The zero-order valence-corrected chi connectivity index (χ0v) is 11.8. The molecule has 0 amide bonds. The summed E-state index contributed by atoms with van der Waals surface area (Å²) in [6, 6.07) is 5.79. The molecule has 0 aliphatic carbocycles. The fourth-order valence-corrected chi connectivity index (χ4v) is 2.76. The minimum absolute atomic E-state index is 0.375. The van der Waals surface area contributed by atoms with Crippen LogP contribution in [0.4, 0.5) is 0 Å². The molecule has 108 valence electrons.